The van der Waals surface area contributed by atoms with Gasteiger partial charge < -0.3 is 5.73 Å². The molecule has 0 saturated heterocycles. The summed E-state index contributed by atoms with van der Waals surface area (Å²) < 4.78 is 1.00. The van der Waals surface area contributed by atoms with Gasteiger partial charge in [-0.3, -0.25) is 4.48 Å². The molecule has 0 amide bonds. The Morgan fingerprint density at radius 3 is 1.31 bits per heavy atom. The van der Waals surface area contributed by atoms with Gasteiger partial charge in [0.1, 0.15) is 0 Å². The summed E-state index contributed by atoms with van der Waals surface area (Å²) in [5.74, 6) is 0. The number of hydrogen-bond acceptors (Lipinski definition) is 1. The summed E-state index contributed by atoms with van der Waals surface area (Å²) >= 11 is 0. The van der Waals surface area contributed by atoms with E-state index in [0.717, 1.165) is 10.2 Å². The third-order valence-electron chi connectivity index (χ3n) is 10.2. The molecule has 45 heavy (non-hydrogen) atoms. The standard InChI is InChI=1S/C43H75N2/c1-3-5-7-9-11-13-15-17-19-21-23-25-30-38-45(39-31-26-24-22-20-18-16-14-12-10-8-6-4-2)40-32-35-42(44)43(45)37-36-41-33-28-27-29-34-41/h27-29,32-37,40,43H,3-26,30-31,38-39,44H2,1-2H3/q+1. The summed E-state index contributed by atoms with van der Waals surface area (Å²) in [6.45, 7) is 7.01. The zero-order valence-corrected chi connectivity index (χ0v) is 30.2. The number of nitrogens with zero attached hydrogens (tertiary/aromatic N) is 1. The smallest absolute Gasteiger partial charge is 0.152 e. The molecule has 0 aromatic heterocycles. The second-order valence-corrected chi connectivity index (χ2v) is 14.3. The van der Waals surface area contributed by atoms with E-state index >= 15 is 0 Å². The van der Waals surface area contributed by atoms with Gasteiger partial charge in [0.2, 0.25) is 0 Å². The number of unbranched alkanes of at least 4 members (excludes halogenated alkanes) is 24. The maximum atomic E-state index is 6.75. The van der Waals surface area contributed by atoms with Crippen LogP contribution in [0, 0.1) is 0 Å². The second-order valence-electron chi connectivity index (χ2n) is 14.3. The lowest BCUT2D eigenvalue weighted by atomic mass is 9.99. The second kappa shape index (κ2) is 27.3. The maximum Gasteiger partial charge on any atom is 0.152 e. The van der Waals surface area contributed by atoms with Gasteiger partial charge >= 0.3 is 0 Å². The Hall–Kier alpha value is -1.80. The number of nitrogens with two attached hydrogens (primary N) is 1. The van der Waals surface area contributed by atoms with Gasteiger partial charge in [-0.05, 0) is 49.5 Å². The highest BCUT2D eigenvalue weighted by atomic mass is 15.4. The monoisotopic (exact) mass is 620 g/mol. The predicted octanol–water partition coefficient (Wildman–Crippen LogP) is 13.4. The molecule has 1 aromatic rings. The largest absolute Gasteiger partial charge is 0.397 e. The molecule has 1 aromatic carbocycles. The van der Waals surface area contributed by atoms with Crippen LogP contribution in [0.2, 0.25) is 0 Å². The lowest BCUT2D eigenvalue weighted by Gasteiger charge is -2.42. The molecule has 0 bridgehead atoms. The highest BCUT2D eigenvalue weighted by Gasteiger charge is 2.36. The minimum absolute atomic E-state index is 0.241. The van der Waals surface area contributed by atoms with Crippen LogP contribution in [0.4, 0.5) is 0 Å². The molecule has 0 spiro atoms. The fourth-order valence-electron chi connectivity index (χ4n) is 7.25. The van der Waals surface area contributed by atoms with E-state index in [2.05, 4.69) is 74.7 Å². The first-order chi connectivity index (χ1) is 22.2. The lowest BCUT2D eigenvalue weighted by Crippen LogP contribution is -2.54. The van der Waals surface area contributed by atoms with Crippen molar-refractivity contribution in [3.63, 3.8) is 0 Å². The van der Waals surface area contributed by atoms with E-state index in [1.807, 2.05) is 0 Å². The first kappa shape index (κ1) is 39.4. The Kier molecular flexibility index (Phi) is 23.9. The maximum absolute atomic E-state index is 6.75. The average molecular weight is 620 g/mol. The minimum atomic E-state index is 0.241. The van der Waals surface area contributed by atoms with Gasteiger partial charge in [-0.15, -0.1) is 0 Å². The summed E-state index contributed by atoms with van der Waals surface area (Å²) in [4.78, 5) is 0. The van der Waals surface area contributed by atoms with Crippen LogP contribution in [0.3, 0.4) is 0 Å². The van der Waals surface area contributed by atoms with Crippen molar-refractivity contribution >= 4 is 6.08 Å². The molecule has 256 valence electrons. The molecule has 1 aliphatic rings. The van der Waals surface area contributed by atoms with Crippen molar-refractivity contribution in [3.8, 4) is 0 Å². The third-order valence-corrected chi connectivity index (χ3v) is 10.2. The molecule has 0 aliphatic carbocycles. The van der Waals surface area contributed by atoms with Gasteiger partial charge in [0.15, 0.2) is 6.04 Å². The van der Waals surface area contributed by atoms with Gasteiger partial charge in [-0.1, -0.05) is 192 Å². The van der Waals surface area contributed by atoms with E-state index in [4.69, 9.17) is 5.73 Å². The van der Waals surface area contributed by atoms with E-state index in [1.54, 1.807) is 0 Å². The van der Waals surface area contributed by atoms with Crippen LogP contribution < -0.4 is 5.73 Å². The van der Waals surface area contributed by atoms with E-state index in [0.29, 0.717) is 0 Å². The van der Waals surface area contributed by atoms with Gasteiger partial charge in [-0.2, -0.15) is 0 Å². The van der Waals surface area contributed by atoms with Gasteiger partial charge in [-0.25, -0.2) is 0 Å². The topological polar surface area (TPSA) is 26.0 Å². The molecule has 0 fully saturated rings. The van der Waals surface area contributed by atoms with Gasteiger partial charge in [0.05, 0.1) is 25.0 Å². The van der Waals surface area contributed by atoms with Crippen molar-refractivity contribution in [2.75, 3.05) is 13.1 Å². The SMILES string of the molecule is CCCCCCCCCCCCCCC[N+]1(CCCCCCCCCCCCCCC)C=CC=C(N)C1C=Cc1ccccc1. The van der Waals surface area contributed by atoms with Crippen LogP contribution in [-0.4, -0.2) is 23.6 Å². The van der Waals surface area contributed by atoms with E-state index in [1.165, 1.54) is 186 Å². The van der Waals surface area contributed by atoms with Crippen molar-refractivity contribution in [1.29, 1.82) is 0 Å². The first-order valence-corrected chi connectivity index (χ1v) is 20.0. The molecule has 0 saturated carbocycles. The molecule has 1 heterocycles. The lowest BCUT2D eigenvalue weighted by molar-refractivity contribution is -0.893. The summed E-state index contributed by atoms with van der Waals surface area (Å²) in [5.41, 5.74) is 9.04. The Labute approximate surface area is 281 Å². The summed E-state index contributed by atoms with van der Waals surface area (Å²) in [6, 6.07) is 11.0. The Bertz CT molecular complexity index is 852. The molecule has 2 N–H and O–H groups in total. The molecule has 2 nitrogen and oxygen atoms in total. The summed E-state index contributed by atoms with van der Waals surface area (Å²) in [7, 11) is 0. The molecular formula is C43H75N2+. The third kappa shape index (κ3) is 18.8. The highest BCUT2D eigenvalue weighted by Crippen LogP contribution is 2.28. The first-order valence-electron chi connectivity index (χ1n) is 20.0. The predicted molar refractivity (Wildman–Crippen MR) is 202 cm³/mol. The fourth-order valence-corrected chi connectivity index (χ4v) is 7.25. The quantitative estimate of drug-likeness (QED) is 0.0673. The zero-order chi connectivity index (χ0) is 32.1. The molecule has 1 unspecified atom stereocenters. The van der Waals surface area contributed by atoms with Crippen molar-refractivity contribution in [1.82, 2.24) is 0 Å². The fraction of sp³-hybridized carbons (Fsp3) is 0.721. The Morgan fingerprint density at radius 1 is 0.533 bits per heavy atom. The molecule has 1 atom stereocenters. The Morgan fingerprint density at radius 2 is 0.911 bits per heavy atom. The average Bonchev–Trinajstić information content (AvgIpc) is 3.05. The molecule has 1 aliphatic heterocycles. The van der Waals surface area contributed by atoms with Gasteiger partial charge in [0, 0.05) is 0 Å². The highest BCUT2D eigenvalue weighted by molar-refractivity contribution is 5.50. The number of hydrogen-bond donors (Lipinski definition) is 1. The van der Waals surface area contributed by atoms with Crippen LogP contribution in [0.5, 0.6) is 0 Å². The van der Waals surface area contributed by atoms with Crippen molar-refractivity contribution < 1.29 is 4.48 Å². The van der Waals surface area contributed by atoms with Crippen LogP contribution in [0.15, 0.2) is 60.5 Å². The van der Waals surface area contributed by atoms with Crippen molar-refractivity contribution in [2.45, 2.75) is 187 Å². The molecular weight excluding hydrogens is 544 g/mol. The number of quaternary nitrogens is 1. The molecule has 0 radical (unpaired) electrons. The molecule has 2 rings (SSSR count). The summed E-state index contributed by atoms with van der Waals surface area (Å²) in [5, 5.41) is 0. The number of rotatable bonds is 30. The molecule has 2 heteroatoms. The van der Waals surface area contributed by atoms with Crippen molar-refractivity contribution in [3.05, 3.63) is 66.0 Å². The minimum Gasteiger partial charge on any atom is -0.397 e. The normalized spacial score (nSPS) is 16.0. The van der Waals surface area contributed by atoms with E-state index < -0.39 is 0 Å². The zero-order valence-electron chi connectivity index (χ0n) is 30.2. The summed E-state index contributed by atoms with van der Waals surface area (Å²) in [6.07, 6.45) is 48.1. The number of allylic oxidation sites excluding steroid dienone is 2. The number of benzene rings is 1. The van der Waals surface area contributed by atoms with Crippen molar-refractivity contribution in [2.24, 2.45) is 5.73 Å². The van der Waals surface area contributed by atoms with Crippen LogP contribution >= 0.6 is 0 Å². The van der Waals surface area contributed by atoms with Crippen LogP contribution in [0.25, 0.3) is 6.08 Å². The van der Waals surface area contributed by atoms with E-state index in [9.17, 15) is 0 Å². The van der Waals surface area contributed by atoms with E-state index in [-0.39, 0.29) is 6.04 Å². The van der Waals surface area contributed by atoms with Crippen LogP contribution in [0.1, 0.15) is 186 Å². The Balaban J connectivity index is 1.76. The van der Waals surface area contributed by atoms with Crippen LogP contribution in [-0.2, 0) is 0 Å². The van der Waals surface area contributed by atoms with Gasteiger partial charge in [0.25, 0.3) is 0 Å².